The summed E-state index contributed by atoms with van der Waals surface area (Å²) in [4.78, 5) is 0. The van der Waals surface area contributed by atoms with E-state index in [4.69, 9.17) is 9.47 Å². The number of hydrogen-bond acceptors (Lipinski definition) is 3. The van der Waals surface area contributed by atoms with E-state index in [0.29, 0.717) is 6.42 Å². The van der Waals surface area contributed by atoms with Crippen molar-refractivity contribution < 1.29 is 14.6 Å². The summed E-state index contributed by atoms with van der Waals surface area (Å²) < 4.78 is 10.5. The molecular weight excluding hydrogens is 252 g/mol. The molecule has 20 heavy (non-hydrogen) atoms. The summed E-state index contributed by atoms with van der Waals surface area (Å²) in [6, 6.07) is 15.0. The van der Waals surface area contributed by atoms with E-state index in [1.54, 1.807) is 14.2 Å². The molecule has 0 unspecified atom stereocenters. The summed E-state index contributed by atoms with van der Waals surface area (Å²) in [5.41, 5.74) is 0.573. The molecule has 2 aromatic rings. The zero-order valence-electron chi connectivity index (χ0n) is 12.1. The normalized spacial score (nSPS) is 11.2. The predicted molar refractivity (Wildman–Crippen MR) is 79.3 cm³/mol. The first-order valence-electron chi connectivity index (χ1n) is 6.65. The topological polar surface area (TPSA) is 38.7 Å². The number of ether oxygens (including phenoxy) is 2. The van der Waals surface area contributed by atoms with Crippen molar-refractivity contribution >= 4 is 0 Å². The van der Waals surface area contributed by atoms with Crippen LogP contribution in [0.2, 0.25) is 0 Å². The van der Waals surface area contributed by atoms with Gasteiger partial charge in [-0.05, 0) is 41.8 Å². The molecule has 2 aromatic carbocycles. The van der Waals surface area contributed by atoms with Crippen molar-refractivity contribution in [2.75, 3.05) is 14.2 Å². The highest BCUT2D eigenvalue weighted by atomic mass is 16.5. The molecular formula is C17H20O3. The van der Waals surface area contributed by atoms with Gasteiger partial charge in [-0.2, -0.15) is 0 Å². The molecule has 0 amide bonds. The van der Waals surface area contributed by atoms with E-state index >= 15 is 0 Å². The second-order valence-electron chi connectivity index (χ2n) is 4.68. The molecule has 0 atom stereocenters. The number of aliphatic hydroxyl groups is 1. The Hall–Kier alpha value is -2.00. The van der Waals surface area contributed by atoms with Gasteiger partial charge in [-0.1, -0.05) is 31.2 Å². The third-order valence-electron chi connectivity index (χ3n) is 3.61. The molecule has 0 heterocycles. The smallest absolute Gasteiger partial charge is 0.119 e. The standard InChI is InChI=1S/C17H20O3/c1-4-17(18,13-7-5-9-15(11-13)19-2)14-8-6-10-16(12-14)20-3/h5-12,18H,4H2,1-3H3. The van der Waals surface area contributed by atoms with Crippen LogP contribution in [0.4, 0.5) is 0 Å². The van der Waals surface area contributed by atoms with Crippen LogP contribution < -0.4 is 9.47 Å². The van der Waals surface area contributed by atoms with Crippen LogP contribution in [0.3, 0.4) is 0 Å². The van der Waals surface area contributed by atoms with E-state index in [9.17, 15) is 5.11 Å². The lowest BCUT2D eigenvalue weighted by atomic mass is 9.84. The Balaban J connectivity index is 2.51. The monoisotopic (exact) mass is 272 g/mol. The molecule has 2 rings (SSSR count). The summed E-state index contributed by atoms with van der Waals surface area (Å²) in [5, 5.41) is 11.1. The molecule has 0 radical (unpaired) electrons. The fraction of sp³-hybridized carbons (Fsp3) is 0.294. The first-order chi connectivity index (χ1) is 9.63. The van der Waals surface area contributed by atoms with E-state index < -0.39 is 5.60 Å². The zero-order chi connectivity index (χ0) is 14.6. The molecule has 0 aliphatic carbocycles. The van der Waals surface area contributed by atoms with E-state index in [1.165, 1.54) is 0 Å². The molecule has 0 bridgehead atoms. The highest BCUT2D eigenvalue weighted by molar-refractivity contribution is 5.42. The number of methoxy groups -OCH3 is 2. The summed E-state index contributed by atoms with van der Waals surface area (Å²) >= 11 is 0. The molecule has 3 heteroatoms. The molecule has 0 spiro atoms. The Morgan fingerprint density at radius 2 is 1.35 bits per heavy atom. The first-order valence-corrected chi connectivity index (χ1v) is 6.65. The van der Waals surface area contributed by atoms with Gasteiger partial charge in [0, 0.05) is 0 Å². The maximum Gasteiger partial charge on any atom is 0.119 e. The Bertz CT molecular complexity index is 530. The number of benzene rings is 2. The Morgan fingerprint density at radius 1 is 0.900 bits per heavy atom. The van der Waals surface area contributed by atoms with Crippen LogP contribution in [0, 0.1) is 0 Å². The minimum atomic E-state index is -1.05. The van der Waals surface area contributed by atoms with Gasteiger partial charge < -0.3 is 14.6 Å². The summed E-state index contributed by atoms with van der Waals surface area (Å²) in [6.45, 7) is 1.96. The van der Waals surface area contributed by atoms with Crippen LogP contribution in [-0.2, 0) is 5.60 Å². The van der Waals surface area contributed by atoms with Gasteiger partial charge in [-0.15, -0.1) is 0 Å². The lowest BCUT2D eigenvalue weighted by molar-refractivity contribution is 0.0760. The van der Waals surface area contributed by atoms with Gasteiger partial charge in [-0.3, -0.25) is 0 Å². The third-order valence-corrected chi connectivity index (χ3v) is 3.61. The van der Waals surface area contributed by atoms with Crippen molar-refractivity contribution in [3.05, 3.63) is 59.7 Å². The molecule has 3 nitrogen and oxygen atoms in total. The van der Waals surface area contributed by atoms with Crippen LogP contribution in [-0.4, -0.2) is 19.3 Å². The highest BCUT2D eigenvalue weighted by Crippen LogP contribution is 2.35. The van der Waals surface area contributed by atoms with Crippen LogP contribution in [0.15, 0.2) is 48.5 Å². The van der Waals surface area contributed by atoms with Gasteiger partial charge >= 0.3 is 0 Å². The summed E-state index contributed by atoms with van der Waals surface area (Å²) in [5.74, 6) is 1.47. The average Bonchev–Trinajstić information content (AvgIpc) is 2.54. The molecule has 1 N–H and O–H groups in total. The van der Waals surface area contributed by atoms with Crippen LogP contribution >= 0.6 is 0 Å². The van der Waals surface area contributed by atoms with Gasteiger partial charge in [0.2, 0.25) is 0 Å². The summed E-state index contributed by atoms with van der Waals surface area (Å²) in [6.07, 6.45) is 0.563. The quantitative estimate of drug-likeness (QED) is 0.907. The molecule has 0 aromatic heterocycles. The molecule has 0 aliphatic heterocycles. The second kappa shape index (κ2) is 5.97. The Kier molecular flexibility index (Phi) is 4.30. The van der Waals surface area contributed by atoms with E-state index in [1.807, 2.05) is 55.5 Å². The van der Waals surface area contributed by atoms with Crippen molar-refractivity contribution in [3.8, 4) is 11.5 Å². The lowest BCUT2D eigenvalue weighted by Crippen LogP contribution is -2.26. The van der Waals surface area contributed by atoms with Crippen molar-refractivity contribution in [2.45, 2.75) is 18.9 Å². The third kappa shape index (κ3) is 2.63. The minimum Gasteiger partial charge on any atom is -0.497 e. The minimum absolute atomic E-state index is 0.563. The Morgan fingerprint density at radius 3 is 1.70 bits per heavy atom. The van der Waals surface area contributed by atoms with Crippen molar-refractivity contribution in [3.63, 3.8) is 0 Å². The molecule has 0 fully saturated rings. The average molecular weight is 272 g/mol. The van der Waals surface area contributed by atoms with E-state index in [2.05, 4.69) is 0 Å². The zero-order valence-corrected chi connectivity index (χ0v) is 12.1. The number of rotatable bonds is 5. The van der Waals surface area contributed by atoms with Crippen LogP contribution in [0.25, 0.3) is 0 Å². The molecule has 0 saturated heterocycles. The van der Waals surface area contributed by atoms with Crippen molar-refractivity contribution in [1.82, 2.24) is 0 Å². The second-order valence-corrected chi connectivity index (χ2v) is 4.68. The van der Waals surface area contributed by atoms with E-state index in [-0.39, 0.29) is 0 Å². The fourth-order valence-corrected chi connectivity index (χ4v) is 2.34. The number of hydrogen-bond donors (Lipinski definition) is 1. The van der Waals surface area contributed by atoms with Gasteiger partial charge in [-0.25, -0.2) is 0 Å². The largest absolute Gasteiger partial charge is 0.497 e. The lowest BCUT2D eigenvalue weighted by Gasteiger charge is -2.28. The Labute approximate surface area is 119 Å². The predicted octanol–water partition coefficient (Wildman–Crippen LogP) is 3.35. The van der Waals surface area contributed by atoms with Gasteiger partial charge in [0.1, 0.15) is 17.1 Å². The van der Waals surface area contributed by atoms with Crippen molar-refractivity contribution in [2.24, 2.45) is 0 Å². The maximum atomic E-state index is 11.1. The SMILES string of the molecule is CCC(O)(c1cccc(OC)c1)c1cccc(OC)c1. The molecule has 0 aliphatic rings. The van der Waals surface area contributed by atoms with Gasteiger partial charge in [0.25, 0.3) is 0 Å². The van der Waals surface area contributed by atoms with Crippen LogP contribution in [0.5, 0.6) is 11.5 Å². The van der Waals surface area contributed by atoms with Gasteiger partial charge in [0.15, 0.2) is 0 Å². The van der Waals surface area contributed by atoms with Gasteiger partial charge in [0.05, 0.1) is 14.2 Å². The molecule has 0 saturated carbocycles. The van der Waals surface area contributed by atoms with E-state index in [0.717, 1.165) is 22.6 Å². The fourth-order valence-electron chi connectivity index (χ4n) is 2.34. The van der Waals surface area contributed by atoms with Crippen molar-refractivity contribution in [1.29, 1.82) is 0 Å². The maximum absolute atomic E-state index is 11.1. The molecule has 106 valence electrons. The highest BCUT2D eigenvalue weighted by Gasteiger charge is 2.30. The summed E-state index contributed by atoms with van der Waals surface area (Å²) in [7, 11) is 3.24. The first kappa shape index (κ1) is 14.4. The van der Waals surface area contributed by atoms with Crippen LogP contribution in [0.1, 0.15) is 24.5 Å².